The molecule has 1 unspecified atom stereocenters. The van der Waals surface area contributed by atoms with E-state index in [1.54, 1.807) is 0 Å². The standard InChI is InChI=1S/C14H19ClN2O.ClH/c15-12-6-10-3-5-18-14(10)11(7-12)8-17-4-1-2-13(16)9-17;/h6-7,13H,1-5,8-9,16H2;1H. The quantitative estimate of drug-likeness (QED) is 0.913. The summed E-state index contributed by atoms with van der Waals surface area (Å²) in [5.41, 5.74) is 8.48. The molecule has 0 aliphatic carbocycles. The third kappa shape index (κ3) is 3.34. The average molecular weight is 303 g/mol. The molecule has 2 aliphatic rings. The average Bonchev–Trinajstić information content (AvgIpc) is 2.77. The first kappa shape index (κ1) is 14.9. The summed E-state index contributed by atoms with van der Waals surface area (Å²) in [4.78, 5) is 2.40. The maximum atomic E-state index is 6.18. The van der Waals surface area contributed by atoms with Gasteiger partial charge in [-0.2, -0.15) is 0 Å². The minimum absolute atomic E-state index is 0. The first-order chi connectivity index (χ1) is 8.72. The van der Waals surface area contributed by atoms with Crippen LogP contribution in [-0.4, -0.2) is 30.6 Å². The zero-order chi connectivity index (χ0) is 12.5. The van der Waals surface area contributed by atoms with Crippen LogP contribution in [0.4, 0.5) is 0 Å². The number of fused-ring (bicyclic) bond motifs is 1. The SMILES string of the molecule is Cl.NC1CCCN(Cc2cc(Cl)cc3c2OCC3)C1. The van der Waals surface area contributed by atoms with Gasteiger partial charge < -0.3 is 10.5 Å². The number of ether oxygens (including phenoxy) is 1. The summed E-state index contributed by atoms with van der Waals surface area (Å²) in [7, 11) is 0. The van der Waals surface area contributed by atoms with Gasteiger partial charge >= 0.3 is 0 Å². The second-order valence-corrected chi connectivity index (χ2v) is 5.73. The Bertz CT molecular complexity index is 453. The molecule has 1 fully saturated rings. The maximum absolute atomic E-state index is 6.18. The highest BCUT2D eigenvalue weighted by atomic mass is 35.5. The number of hydrogen-bond acceptors (Lipinski definition) is 3. The number of halogens is 2. The van der Waals surface area contributed by atoms with Crippen molar-refractivity contribution in [1.82, 2.24) is 4.90 Å². The van der Waals surface area contributed by atoms with E-state index in [9.17, 15) is 0 Å². The van der Waals surface area contributed by atoms with Crippen molar-refractivity contribution in [1.29, 1.82) is 0 Å². The first-order valence-electron chi connectivity index (χ1n) is 6.64. The summed E-state index contributed by atoms with van der Waals surface area (Å²) >= 11 is 6.18. The highest BCUT2D eigenvalue weighted by Gasteiger charge is 2.22. The number of rotatable bonds is 2. The fourth-order valence-electron chi connectivity index (χ4n) is 2.94. The van der Waals surface area contributed by atoms with E-state index in [-0.39, 0.29) is 12.4 Å². The molecule has 1 aromatic rings. The van der Waals surface area contributed by atoms with Crippen LogP contribution in [0, 0.1) is 0 Å². The molecule has 5 heteroatoms. The minimum atomic E-state index is 0. The van der Waals surface area contributed by atoms with Gasteiger partial charge in [0.25, 0.3) is 0 Å². The van der Waals surface area contributed by atoms with E-state index in [1.807, 2.05) is 12.1 Å². The van der Waals surface area contributed by atoms with Crippen molar-refractivity contribution in [3.63, 3.8) is 0 Å². The largest absolute Gasteiger partial charge is 0.493 e. The molecule has 1 aromatic carbocycles. The Kier molecular flexibility index (Phi) is 4.96. The first-order valence-corrected chi connectivity index (χ1v) is 7.02. The Labute approximate surface area is 125 Å². The molecule has 0 amide bonds. The summed E-state index contributed by atoms with van der Waals surface area (Å²) in [5, 5.41) is 0.815. The Morgan fingerprint density at radius 3 is 3.05 bits per heavy atom. The van der Waals surface area contributed by atoms with E-state index < -0.39 is 0 Å². The zero-order valence-electron chi connectivity index (χ0n) is 10.9. The van der Waals surface area contributed by atoms with Crippen molar-refractivity contribution in [2.24, 2.45) is 5.73 Å². The third-order valence-electron chi connectivity index (χ3n) is 3.76. The van der Waals surface area contributed by atoms with E-state index >= 15 is 0 Å². The van der Waals surface area contributed by atoms with Crippen LogP contribution in [0.5, 0.6) is 5.75 Å². The number of nitrogens with two attached hydrogens (primary N) is 1. The number of nitrogens with zero attached hydrogens (tertiary/aromatic N) is 1. The van der Waals surface area contributed by atoms with Crippen molar-refractivity contribution < 1.29 is 4.74 Å². The molecule has 2 heterocycles. The predicted molar refractivity (Wildman–Crippen MR) is 80.4 cm³/mol. The van der Waals surface area contributed by atoms with Gasteiger partial charge in [0.05, 0.1) is 6.61 Å². The number of hydrogen-bond donors (Lipinski definition) is 1. The van der Waals surface area contributed by atoms with Crippen molar-refractivity contribution in [2.75, 3.05) is 19.7 Å². The molecule has 19 heavy (non-hydrogen) atoms. The van der Waals surface area contributed by atoms with Crippen LogP contribution in [0.15, 0.2) is 12.1 Å². The molecule has 106 valence electrons. The summed E-state index contributed by atoms with van der Waals surface area (Å²) in [6.07, 6.45) is 3.30. The van der Waals surface area contributed by atoms with Gasteiger partial charge in [0.15, 0.2) is 0 Å². The van der Waals surface area contributed by atoms with Crippen LogP contribution < -0.4 is 10.5 Å². The molecular weight excluding hydrogens is 283 g/mol. The van der Waals surface area contributed by atoms with Gasteiger partial charge in [-0.05, 0) is 37.1 Å². The third-order valence-corrected chi connectivity index (χ3v) is 3.98. The van der Waals surface area contributed by atoms with Gasteiger partial charge in [-0.1, -0.05) is 11.6 Å². The lowest BCUT2D eigenvalue weighted by Gasteiger charge is -2.31. The summed E-state index contributed by atoms with van der Waals surface area (Å²) in [6.45, 7) is 3.77. The fraction of sp³-hybridized carbons (Fsp3) is 0.571. The van der Waals surface area contributed by atoms with Crippen LogP contribution in [0.2, 0.25) is 5.02 Å². The molecule has 0 spiro atoms. The van der Waals surface area contributed by atoms with Crippen LogP contribution in [0.25, 0.3) is 0 Å². The molecule has 0 saturated carbocycles. The Morgan fingerprint density at radius 1 is 1.42 bits per heavy atom. The van der Waals surface area contributed by atoms with Crippen LogP contribution in [-0.2, 0) is 13.0 Å². The number of piperidine rings is 1. The molecule has 3 nitrogen and oxygen atoms in total. The lowest BCUT2D eigenvalue weighted by molar-refractivity contribution is 0.199. The van der Waals surface area contributed by atoms with Gasteiger partial charge in [0, 0.05) is 36.1 Å². The van der Waals surface area contributed by atoms with Crippen molar-refractivity contribution >= 4 is 24.0 Å². The van der Waals surface area contributed by atoms with E-state index in [2.05, 4.69) is 4.90 Å². The smallest absolute Gasteiger partial charge is 0.127 e. The Hall–Kier alpha value is -0.480. The van der Waals surface area contributed by atoms with Crippen molar-refractivity contribution in [3.8, 4) is 5.75 Å². The van der Waals surface area contributed by atoms with E-state index in [4.69, 9.17) is 22.1 Å². The molecular formula is C14H20Cl2N2O. The molecule has 1 saturated heterocycles. The molecule has 3 rings (SSSR count). The molecule has 2 aliphatic heterocycles. The Morgan fingerprint density at radius 2 is 2.26 bits per heavy atom. The maximum Gasteiger partial charge on any atom is 0.127 e. The van der Waals surface area contributed by atoms with Crippen LogP contribution >= 0.6 is 24.0 Å². The highest BCUT2D eigenvalue weighted by Crippen LogP contribution is 2.33. The summed E-state index contributed by atoms with van der Waals surface area (Å²) < 4.78 is 5.74. The van der Waals surface area contributed by atoms with E-state index in [0.29, 0.717) is 6.04 Å². The van der Waals surface area contributed by atoms with E-state index in [1.165, 1.54) is 17.5 Å². The molecule has 0 radical (unpaired) electrons. The fourth-order valence-corrected chi connectivity index (χ4v) is 3.20. The second-order valence-electron chi connectivity index (χ2n) is 5.29. The van der Waals surface area contributed by atoms with Crippen molar-refractivity contribution in [2.45, 2.75) is 31.8 Å². The van der Waals surface area contributed by atoms with Gasteiger partial charge in [-0.15, -0.1) is 12.4 Å². The topological polar surface area (TPSA) is 38.5 Å². The van der Waals surface area contributed by atoms with E-state index in [0.717, 1.165) is 49.9 Å². The molecule has 2 N–H and O–H groups in total. The molecule has 0 bridgehead atoms. The van der Waals surface area contributed by atoms with Crippen molar-refractivity contribution in [3.05, 3.63) is 28.3 Å². The zero-order valence-corrected chi connectivity index (χ0v) is 12.5. The number of likely N-dealkylation sites (tertiary alicyclic amines) is 1. The summed E-state index contributed by atoms with van der Waals surface area (Å²) in [6, 6.07) is 4.37. The number of benzene rings is 1. The highest BCUT2D eigenvalue weighted by molar-refractivity contribution is 6.30. The van der Waals surface area contributed by atoms with Gasteiger partial charge in [-0.3, -0.25) is 4.90 Å². The summed E-state index contributed by atoms with van der Waals surface area (Å²) in [5.74, 6) is 1.05. The molecule has 1 atom stereocenters. The van der Waals surface area contributed by atoms with Crippen LogP contribution in [0.1, 0.15) is 24.0 Å². The Balaban J connectivity index is 0.00000133. The predicted octanol–water partition coefficient (Wildman–Crippen LogP) is 2.62. The molecule has 0 aromatic heterocycles. The lowest BCUT2D eigenvalue weighted by atomic mass is 10.0. The van der Waals surface area contributed by atoms with Gasteiger partial charge in [0.1, 0.15) is 5.75 Å². The lowest BCUT2D eigenvalue weighted by Crippen LogP contribution is -2.42. The second kappa shape index (κ2) is 6.31. The van der Waals surface area contributed by atoms with Crippen LogP contribution in [0.3, 0.4) is 0 Å². The van der Waals surface area contributed by atoms with Gasteiger partial charge in [-0.25, -0.2) is 0 Å². The monoisotopic (exact) mass is 302 g/mol. The normalized spacial score (nSPS) is 22.5. The minimum Gasteiger partial charge on any atom is -0.493 e. The van der Waals surface area contributed by atoms with Gasteiger partial charge in [0.2, 0.25) is 0 Å².